The highest BCUT2D eigenvalue weighted by Crippen LogP contribution is 2.34. The quantitative estimate of drug-likeness (QED) is 0.498. The Balaban J connectivity index is 1.81. The molecule has 1 aliphatic rings. The number of rotatable bonds is 9. The van der Waals surface area contributed by atoms with E-state index in [-0.39, 0.29) is 11.9 Å². The van der Waals surface area contributed by atoms with Gasteiger partial charge < -0.3 is 19.9 Å². The fraction of sp³-hybridized carbons (Fsp3) is 0.630. The molecule has 0 unspecified atom stereocenters. The number of hydrogen-bond acceptors (Lipinski definition) is 5. The number of methoxy groups -OCH3 is 1. The largest absolute Gasteiger partial charge is 0.481 e. The van der Waals surface area contributed by atoms with Crippen LogP contribution in [0.5, 0.6) is 5.88 Å². The molecule has 1 amide bonds. The van der Waals surface area contributed by atoms with Crippen molar-refractivity contribution in [3.63, 3.8) is 0 Å². The number of carbonyl (C=O) groups is 1. The van der Waals surface area contributed by atoms with E-state index < -0.39 is 0 Å². The highest BCUT2D eigenvalue weighted by atomic mass is 35.5. The van der Waals surface area contributed by atoms with Crippen molar-refractivity contribution in [3.05, 3.63) is 39.5 Å². The van der Waals surface area contributed by atoms with Gasteiger partial charge in [0.1, 0.15) is 0 Å². The smallest absolute Gasteiger partial charge is 0.251 e. The van der Waals surface area contributed by atoms with E-state index in [0.717, 1.165) is 41.9 Å². The summed E-state index contributed by atoms with van der Waals surface area (Å²) in [5, 5.41) is 8.25. The summed E-state index contributed by atoms with van der Waals surface area (Å²) in [7, 11) is 5.97. The minimum absolute atomic E-state index is 0.141. The summed E-state index contributed by atoms with van der Waals surface area (Å²) in [4.78, 5) is 18.1. The molecule has 1 N–H and O–H groups in total. The summed E-state index contributed by atoms with van der Waals surface area (Å²) >= 11 is 6.55. The number of nitrogens with one attached hydrogen (secondary N) is 1. The van der Waals surface area contributed by atoms with Crippen LogP contribution in [0.15, 0.2) is 12.1 Å². The van der Waals surface area contributed by atoms with E-state index in [2.05, 4.69) is 55.1 Å². The van der Waals surface area contributed by atoms with Crippen LogP contribution in [0.25, 0.3) is 0 Å². The van der Waals surface area contributed by atoms with Gasteiger partial charge in [0.25, 0.3) is 5.91 Å². The van der Waals surface area contributed by atoms with Crippen LogP contribution >= 0.6 is 11.6 Å². The molecule has 1 aliphatic carbocycles. The van der Waals surface area contributed by atoms with Gasteiger partial charge in [-0.3, -0.25) is 4.79 Å². The van der Waals surface area contributed by atoms with Gasteiger partial charge >= 0.3 is 0 Å². The molecule has 0 radical (unpaired) electrons. The maximum absolute atomic E-state index is 13.3. The van der Waals surface area contributed by atoms with Gasteiger partial charge in [0, 0.05) is 34.9 Å². The van der Waals surface area contributed by atoms with Crippen LogP contribution in [0.1, 0.15) is 79.7 Å². The number of carbonyl (C=O) groups excluding carboxylic acids is 1. The van der Waals surface area contributed by atoms with Gasteiger partial charge in [-0.1, -0.05) is 11.6 Å². The normalized spacial score (nSPS) is 18.3. The fourth-order valence-corrected chi connectivity index (χ4v) is 5.52. The predicted molar refractivity (Wildman–Crippen MR) is 144 cm³/mol. The lowest BCUT2D eigenvalue weighted by Gasteiger charge is -2.40. The Morgan fingerprint density at radius 2 is 1.83 bits per heavy atom. The van der Waals surface area contributed by atoms with E-state index in [1.807, 2.05) is 24.6 Å². The van der Waals surface area contributed by atoms with Gasteiger partial charge in [-0.25, -0.2) is 4.68 Å². The molecule has 1 aromatic carbocycles. The van der Waals surface area contributed by atoms with Crippen LogP contribution in [0.3, 0.4) is 0 Å². The van der Waals surface area contributed by atoms with Crippen molar-refractivity contribution in [2.75, 3.05) is 32.6 Å². The lowest BCUT2D eigenvalue weighted by Crippen LogP contribution is -2.42. The summed E-state index contributed by atoms with van der Waals surface area (Å²) < 4.78 is 7.46. The zero-order chi connectivity index (χ0) is 25.9. The summed E-state index contributed by atoms with van der Waals surface area (Å²) in [6, 6.07) is 5.05. The summed E-state index contributed by atoms with van der Waals surface area (Å²) in [5.74, 6) is 0.546. The van der Waals surface area contributed by atoms with Gasteiger partial charge in [0.15, 0.2) is 0 Å². The number of aromatic nitrogens is 2. The number of ether oxygens (including phenoxy) is 1. The van der Waals surface area contributed by atoms with Gasteiger partial charge in [0.2, 0.25) is 5.88 Å². The number of halogens is 1. The Kier molecular flexibility index (Phi) is 9.11. The van der Waals surface area contributed by atoms with Gasteiger partial charge in [-0.05, 0) is 92.1 Å². The van der Waals surface area contributed by atoms with Crippen LogP contribution in [-0.4, -0.2) is 60.4 Å². The topological polar surface area (TPSA) is 62.6 Å². The van der Waals surface area contributed by atoms with E-state index in [1.165, 1.54) is 12.8 Å². The van der Waals surface area contributed by atoms with Crippen molar-refractivity contribution in [1.82, 2.24) is 20.0 Å². The van der Waals surface area contributed by atoms with E-state index in [9.17, 15) is 4.79 Å². The molecule has 1 heterocycles. The van der Waals surface area contributed by atoms with Crippen LogP contribution in [0.4, 0.5) is 5.69 Å². The minimum Gasteiger partial charge on any atom is -0.481 e. The molecule has 0 saturated heterocycles. The SMILES string of the molecule is CCN(c1cc(Cl)cc(C(=O)NCc2c(C)nn(C(C)C)c2OC)c1C)C1CCC(N(C)C)CC1. The molecule has 35 heavy (non-hydrogen) atoms. The third kappa shape index (κ3) is 5.95. The van der Waals surface area contributed by atoms with Crippen molar-refractivity contribution in [1.29, 1.82) is 0 Å². The molecule has 194 valence electrons. The van der Waals surface area contributed by atoms with Crippen LogP contribution < -0.4 is 15.0 Å². The number of aryl methyl sites for hydroxylation is 1. The molecule has 7 nitrogen and oxygen atoms in total. The second kappa shape index (κ2) is 11.7. The molecule has 0 atom stereocenters. The zero-order valence-electron chi connectivity index (χ0n) is 22.6. The second-order valence-electron chi connectivity index (χ2n) is 10.1. The van der Waals surface area contributed by atoms with E-state index in [1.54, 1.807) is 13.2 Å². The first-order valence-corrected chi connectivity index (χ1v) is 13.1. The average Bonchev–Trinajstić information content (AvgIpc) is 3.15. The van der Waals surface area contributed by atoms with E-state index >= 15 is 0 Å². The molecule has 0 spiro atoms. The van der Waals surface area contributed by atoms with Crippen LogP contribution in [0, 0.1) is 13.8 Å². The number of anilines is 1. The molecule has 8 heteroatoms. The molecular weight excluding hydrogens is 462 g/mol. The first kappa shape index (κ1) is 27.3. The standard InChI is InChI=1S/C27H42ClN5O2/c1-9-32(22-12-10-21(11-13-22)31(6)7)25-15-20(28)14-23(18(25)4)26(34)29-16-24-19(5)30-33(17(2)3)27(24)35-8/h14-15,17,21-22H,9-13,16H2,1-8H3,(H,29,34). The molecule has 1 aromatic heterocycles. The van der Waals surface area contributed by atoms with E-state index in [0.29, 0.717) is 35.1 Å². The van der Waals surface area contributed by atoms with Crippen LogP contribution in [-0.2, 0) is 6.54 Å². The summed E-state index contributed by atoms with van der Waals surface area (Å²) in [5.41, 5.74) is 4.37. The first-order chi connectivity index (χ1) is 16.6. The van der Waals surface area contributed by atoms with Crippen molar-refractivity contribution >= 4 is 23.2 Å². The fourth-order valence-electron chi connectivity index (χ4n) is 5.30. The Morgan fingerprint density at radius 3 is 2.37 bits per heavy atom. The third-order valence-corrected chi connectivity index (χ3v) is 7.56. The monoisotopic (exact) mass is 503 g/mol. The van der Waals surface area contributed by atoms with Gasteiger partial charge in [-0.2, -0.15) is 5.10 Å². The molecule has 2 aromatic rings. The summed E-state index contributed by atoms with van der Waals surface area (Å²) in [6.07, 6.45) is 4.66. The molecular formula is C27H42ClN5O2. The molecule has 1 saturated carbocycles. The van der Waals surface area contributed by atoms with Crippen molar-refractivity contribution in [3.8, 4) is 5.88 Å². The summed E-state index contributed by atoms with van der Waals surface area (Å²) in [6.45, 7) is 11.5. The molecule has 0 bridgehead atoms. The number of hydrogen-bond donors (Lipinski definition) is 1. The number of amides is 1. The Hall–Kier alpha value is -2.25. The van der Waals surface area contributed by atoms with Gasteiger partial charge in [0.05, 0.1) is 31.0 Å². The molecule has 3 rings (SSSR count). The first-order valence-electron chi connectivity index (χ1n) is 12.7. The Morgan fingerprint density at radius 1 is 1.20 bits per heavy atom. The van der Waals surface area contributed by atoms with E-state index in [4.69, 9.17) is 16.3 Å². The lowest BCUT2D eigenvalue weighted by atomic mass is 9.89. The molecule has 0 aliphatic heterocycles. The van der Waals surface area contributed by atoms with Crippen molar-refractivity contribution in [2.45, 2.75) is 85.0 Å². The maximum atomic E-state index is 13.3. The van der Waals surface area contributed by atoms with Crippen LogP contribution in [0.2, 0.25) is 5.02 Å². The number of benzene rings is 1. The minimum atomic E-state index is -0.141. The third-order valence-electron chi connectivity index (χ3n) is 7.35. The predicted octanol–water partition coefficient (Wildman–Crippen LogP) is 5.37. The van der Waals surface area contributed by atoms with Crippen molar-refractivity contribution in [2.24, 2.45) is 0 Å². The highest BCUT2D eigenvalue weighted by Gasteiger charge is 2.28. The Bertz CT molecular complexity index is 1030. The van der Waals surface area contributed by atoms with Gasteiger partial charge in [-0.15, -0.1) is 0 Å². The van der Waals surface area contributed by atoms with Crippen molar-refractivity contribution < 1.29 is 9.53 Å². The Labute approximate surface area is 215 Å². The molecule has 1 fully saturated rings. The second-order valence-corrected chi connectivity index (χ2v) is 10.5. The average molecular weight is 504 g/mol. The zero-order valence-corrected chi connectivity index (χ0v) is 23.4. The highest BCUT2D eigenvalue weighted by molar-refractivity contribution is 6.31. The number of nitrogens with zero attached hydrogens (tertiary/aromatic N) is 4. The maximum Gasteiger partial charge on any atom is 0.251 e. The lowest BCUT2D eigenvalue weighted by molar-refractivity contribution is 0.0950.